The van der Waals surface area contributed by atoms with Crippen LogP contribution in [0.1, 0.15) is 12.0 Å². The van der Waals surface area contributed by atoms with Crippen LogP contribution in [0.3, 0.4) is 0 Å². The first-order valence-electron chi connectivity index (χ1n) is 5.51. The molecule has 0 aromatic carbocycles. The predicted molar refractivity (Wildman–Crippen MR) is 61.0 cm³/mol. The molecule has 1 N–H and O–H groups in total. The van der Waals surface area contributed by atoms with Crippen LogP contribution in [0.2, 0.25) is 0 Å². The summed E-state index contributed by atoms with van der Waals surface area (Å²) < 4.78 is 5.30. The van der Waals surface area contributed by atoms with E-state index in [4.69, 9.17) is 9.84 Å². The van der Waals surface area contributed by atoms with Crippen molar-refractivity contribution in [3.8, 4) is 0 Å². The second-order valence-corrected chi connectivity index (χ2v) is 4.08. The van der Waals surface area contributed by atoms with Gasteiger partial charge in [-0.15, -0.1) is 0 Å². The topological polar surface area (TPSA) is 75.6 Å². The van der Waals surface area contributed by atoms with Crippen LogP contribution >= 0.6 is 0 Å². The zero-order valence-corrected chi connectivity index (χ0v) is 9.67. The summed E-state index contributed by atoms with van der Waals surface area (Å²) in [6.45, 7) is 3.52. The van der Waals surface area contributed by atoms with E-state index in [-0.39, 0.29) is 12.5 Å². The molecule has 1 unspecified atom stereocenters. The molecule has 1 atom stereocenters. The normalized spacial score (nSPS) is 20.3. The molecule has 1 aliphatic rings. The molecule has 6 nitrogen and oxygen atoms in total. The van der Waals surface area contributed by atoms with Crippen molar-refractivity contribution in [1.29, 1.82) is 0 Å². The molecule has 1 aromatic heterocycles. The smallest absolute Gasteiger partial charge is 0.305 e. The summed E-state index contributed by atoms with van der Waals surface area (Å²) in [5.41, 5.74) is 0.983. The average Bonchev–Trinajstić information content (AvgIpc) is 2.30. The van der Waals surface area contributed by atoms with Gasteiger partial charge in [0.2, 0.25) is 5.95 Å². The number of aliphatic carboxylic acids is 1. The van der Waals surface area contributed by atoms with Crippen molar-refractivity contribution in [2.75, 3.05) is 24.7 Å². The molecule has 0 bridgehead atoms. The van der Waals surface area contributed by atoms with Gasteiger partial charge < -0.3 is 14.7 Å². The van der Waals surface area contributed by atoms with Crippen LogP contribution in [0.15, 0.2) is 12.4 Å². The Kier molecular flexibility index (Phi) is 3.53. The molecule has 0 saturated carbocycles. The van der Waals surface area contributed by atoms with Crippen molar-refractivity contribution >= 4 is 11.9 Å². The first kappa shape index (κ1) is 11.8. The highest BCUT2D eigenvalue weighted by Gasteiger charge is 2.27. The third-order valence-electron chi connectivity index (χ3n) is 2.66. The Morgan fingerprint density at radius 3 is 2.94 bits per heavy atom. The summed E-state index contributed by atoms with van der Waals surface area (Å²) in [5, 5.41) is 8.85. The fourth-order valence-corrected chi connectivity index (χ4v) is 1.82. The number of hydrogen-bond donors (Lipinski definition) is 1. The fraction of sp³-hybridized carbons (Fsp3) is 0.545. The van der Waals surface area contributed by atoms with Crippen molar-refractivity contribution in [2.45, 2.75) is 19.4 Å². The lowest BCUT2D eigenvalue weighted by molar-refractivity contribution is -0.138. The number of nitrogens with zero attached hydrogens (tertiary/aromatic N) is 3. The zero-order valence-electron chi connectivity index (χ0n) is 9.67. The number of hydrogen-bond acceptors (Lipinski definition) is 5. The number of ether oxygens (including phenoxy) is 1. The van der Waals surface area contributed by atoms with E-state index in [0.717, 1.165) is 5.56 Å². The van der Waals surface area contributed by atoms with E-state index >= 15 is 0 Å². The fourth-order valence-electron chi connectivity index (χ4n) is 1.82. The van der Waals surface area contributed by atoms with Gasteiger partial charge in [0, 0.05) is 18.9 Å². The highest BCUT2D eigenvalue weighted by Crippen LogP contribution is 2.17. The maximum absolute atomic E-state index is 10.8. The quantitative estimate of drug-likeness (QED) is 0.823. The minimum absolute atomic E-state index is 0.0389. The van der Waals surface area contributed by atoms with Gasteiger partial charge in [0.25, 0.3) is 0 Å². The van der Waals surface area contributed by atoms with Crippen LogP contribution in [-0.2, 0) is 9.53 Å². The van der Waals surface area contributed by atoms with Crippen LogP contribution in [0.5, 0.6) is 0 Å². The van der Waals surface area contributed by atoms with E-state index < -0.39 is 5.97 Å². The van der Waals surface area contributed by atoms with Crippen molar-refractivity contribution in [2.24, 2.45) is 0 Å². The van der Waals surface area contributed by atoms with Gasteiger partial charge in [0.1, 0.15) is 0 Å². The summed E-state index contributed by atoms with van der Waals surface area (Å²) in [6.07, 6.45) is 3.50. The Balaban J connectivity index is 2.15. The molecule has 0 amide bonds. The Bertz CT molecular complexity index is 393. The summed E-state index contributed by atoms with van der Waals surface area (Å²) in [5.74, 6) is -0.261. The van der Waals surface area contributed by atoms with Crippen molar-refractivity contribution < 1.29 is 14.6 Å². The lowest BCUT2D eigenvalue weighted by atomic mass is 10.1. The average molecular weight is 237 g/mol. The van der Waals surface area contributed by atoms with Crippen LogP contribution in [-0.4, -0.2) is 46.8 Å². The first-order chi connectivity index (χ1) is 8.16. The molecule has 1 aliphatic heterocycles. The van der Waals surface area contributed by atoms with E-state index in [2.05, 4.69) is 9.97 Å². The first-order valence-corrected chi connectivity index (χ1v) is 5.51. The summed E-state index contributed by atoms with van der Waals surface area (Å²) >= 11 is 0. The van der Waals surface area contributed by atoms with E-state index in [1.165, 1.54) is 0 Å². The predicted octanol–water partition coefficient (Wildman–Crippen LogP) is 0.465. The van der Waals surface area contributed by atoms with Gasteiger partial charge in [-0.25, -0.2) is 9.97 Å². The van der Waals surface area contributed by atoms with E-state index in [1.54, 1.807) is 12.4 Å². The summed E-state index contributed by atoms with van der Waals surface area (Å²) in [7, 11) is 0. The lowest BCUT2D eigenvalue weighted by Crippen LogP contribution is -2.47. The number of aryl methyl sites for hydroxylation is 1. The van der Waals surface area contributed by atoms with Crippen molar-refractivity contribution in [3.63, 3.8) is 0 Å². The van der Waals surface area contributed by atoms with E-state index in [0.29, 0.717) is 25.7 Å². The molecule has 1 aromatic rings. The van der Waals surface area contributed by atoms with Crippen LogP contribution in [0.25, 0.3) is 0 Å². The molecule has 1 fully saturated rings. The third-order valence-corrected chi connectivity index (χ3v) is 2.66. The van der Waals surface area contributed by atoms with Crippen LogP contribution in [0, 0.1) is 6.92 Å². The summed E-state index contributed by atoms with van der Waals surface area (Å²) in [6, 6.07) is -0.191. The SMILES string of the molecule is Cc1cnc(N2CCOCC2CC(=O)O)nc1. The van der Waals surface area contributed by atoms with E-state index in [1.807, 2.05) is 11.8 Å². The molecule has 2 heterocycles. The van der Waals surface area contributed by atoms with Gasteiger partial charge in [0.15, 0.2) is 0 Å². The van der Waals surface area contributed by atoms with Gasteiger partial charge in [-0.1, -0.05) is 0 Å². The molecule has 0 spiro atoms. The third kappa shape index (κ3) is 2.91. The molecule has 1 saturated heterocycles. The number of morpholine rings is 1. The van der Waals surface area contributed by atoms with Crippen molar-refractivity contribution in [1.82, 2.24) is 9.97 Å². The van der Waals surface area contributed by atoms with Gasteiger partial charge in [-0.3, -0.25) is 4.79 Å². The number of carbonyl (C=O) groups is 1. The maximum Gasteiger partial charge on any atom is 0.305 e. The molecule has 2 rings (SSSR count). The van der Waals surface area contributed by atoms with Crippen LogP contribution in [0.4, 0.5) is 5.95 Å². The van der Waals surface area contributed by atoms with Crippen LogP contribution < -0.4 is 4.90 Å². The van der Waals surface area contributed by atoms with E-state index in [9.17, 15) is 4.79 Å². The van der Waals surface area contributed by atoms with Gasteiger partial charge in [-0.2, -0.15) is 0 Å². The Hall–Kier alpha value is -1.69. The Labute approximate surface area is 99.2 Å². The number of carboxylic acids is 1. The minimum atomic E-state index is -0.836. The Morgan fingerprint density at radius 2 is 2.29 bits per heavy atom. The molecule has 92 valence electrons. The molecule has 6 heteroatoms. The van der Waals surface area contributed by atoms with Gasteiger partial charge >= 0.3 is 5.97 Å². The van der Waals surface area contributed by atoms with Gasteiger partial charge in [-0.05, 0) is 12.5 Å². The molecule has 0 radical (unpaired) electrons. The minimum Gasteiger partial charge on any atom is -0.481 e. The molecule has 0 aliphatic carbocycles. The lowest BCUT2D eigenvalue weighted by Gasteiger charge is -2.34. The zero-order chi connectivity index (χ0) is 12.3. The molecular weight excluding hydrogens is 222 g/mol. The number of aromatic nitrogens is 2. The molecular formula is C11H15N3O3. The standard InChI is InChI=1S/C11H15N3O3/c1-8-5-12-11(13-6-8)14-2-3-17-7-9(14)4-10(15)16/h5-6,9H,2-4,7H2,1H3,(H,15,16). The second kappa shape index (κ2) is 5.09. The maximum atomic E-state index is 10.8. The summed E-state index contributed by atoms with van der Waals surface area (Å²) in [4.78, 5) is 21.1. The van der Waals surface area contributed by atoms with Gasteiger partial charge in [0.05, 0.1) is 25.7 Å². The number of carboxylic acid groups (broad SMARTS) is 1. The Morgan fingerprint density at radius 1 is 1.59 bits per heavy atom. The number of anilines is 1. The highest BCUT2D eigenvalue weighted by atomic mass is 16.5. The number of rotatable bonds is 3. The second-order valence-electron chi connectivity index (χ2n) is 4.08. The molecule has 17 heavy (non-hydrogen) atoms. The monoisotopic (exact) mass is 237 g/mol. The largest absolute Gasteiger partial charge is 0.481 e. The highest BCUT2D eigenvalue weighted by molar-refractivity contribution is 5.68. The van der Waals surface area contributed by atoms with Crippen molar-refractivity contribution in [3.05, 3.63) is 18.0 Å².